The molecule has 0 saturated heterocycles. The highest BCUT2D eigenvalue weighted by Gasteiger charge is 2.04. The van der Waals surface area contributed by atoms with Gasteiger partial charge in [-0.2, -0.15) is 9.99 Å². The van der Waals surface area contributed by atoms with E-state index in [0.29, 0.717) is 10.3 Å². The standard InChI is InChI=1S/C11H8N4O/c12-6-9-5-10(7-15(16)11(9)13)8-1-3-14-4-2-8/h1-5,7,13,16H. The molecule has 2 aromatic rings. The monoisotopic (exact) mass is 212 g/mol. The molecule has 5 nitrogen and oxygen atoms in total. The minimum atomic E-state index is -0.222. The zero-order valence-electron chi connectivity index (χ0n) is 8.25. The van der Waals surface area contributed by atoms with Gasteiger partial charge in [0.2, 0.25) is 0 Å². The van der Waals surface area contributed by atoms with Gasteiger partial charge >= 0.3 is 0 Å². The molecular formula is C11H8N4O. The number of aromatic nitrogens is 2. The summed E-state index contributed by atoms with van der Waals surface area (Å²) in [5, 5.41) is 25.7. The van der Waals surface area contributed by atoms with Crippen molar-refractivity contribution in [3.63, 3.8) is 0 Å². The van der Waals surface area contributed by atoms with Crippen LogP contribution in [0.3, 0.4) is 0 Å². The van der Waals surface area contributed by atoms with Gasteiger partial charge in [0, 0.05) is 18.0 Å². The molecule has 2 aromatic heterocycles. The minimum Gasteiger partial charge on any atom is -0.427 e. The molecule has 0 spiro atoms. The van der Waals surface area contributed by atoms with E-state index in [1.165, 1.54) is 6.20 Å². The molecular weight excluding hydrogens is 204 g/mol. The zero-order chi connectivity index (χ0) is 11.5. The van der Waals surface area contributed by atoms with Crippen molar-refractivity contribution in [2.45, 2.75) is 0 Å². The first-order valence-corrected chi connectivity index (χ1v) is 4.53. The summed E-state index contributed by atoms with van der Waals surface area (Å²) in [6.45, 7) is 0. The van der Waals surface area contributed by atoms with E-state index in [-0.39, 0.29) is 11.1 Å². The molecule has 0 bridgehead atoms. The highest BCUT2D eigenvalue weighted by atomic mass is 16.5. The molecule has 0 fully saturated rings. The van der Waals surface area contributed by atoms with E-state index in [4.69, 9.17) is 10.7 Å². The van der Waals surface area contributed by atoms with Gasteiger partial charge in [0.05, 0.1) is 11.8 Å². The quantitative estimate of drug-likeness (QED) is 0.695. The summed E-state index contributed by atoms with van der Waals surface area (Å²) in [7, 11) is 0. The number of rotatable bonds is 1. The average Bonchev–Trinajstić information content (AvgIpc) is 2.33. The van der Waals surface area contributed by atoms with E-state index in [0.717, 1.165) is 5.56 Å². The fourth-order valence-electron chi connectivity index (χ4n) is 1.37. The molecule has 0 unspecified atom stereocenters. The zero-order valence-corrected chi connectivity index (χ0v) is 8.25. The lowest BCUT2D eigenvalue weighted by Crippen LogP contribution is -2.20. The Morgan fingerprint density at radius 2 is 2.00 bits per heavy atom. The summed E-state index contributed by atoms with van der Waals surface area (Å²) in [4.78, 5) is 3.88. The topological polar surface area (TPSA) is 85.7 Å². The lowest BCUT2D eigenvalue weighted by Gasteiger charge is -2.04. The van der Waals surface area contributed by atoms with Crippen LogP contribution in [0.2, 0.25) is 0 Å². The molecule has 0 amide bonds. The SMILES string of the molecule is N#Cc1cc(-c2ccncc2)cn(O)c1=N. The molecule has 0 aliphatic heterocycles. The summed E-state index contributed by atoms with van der Waals surface area (Å²) in [6.07, 6.45) is 4.63. The second-order valence-corrected chi connectivity index (χ2v) is 3.18. The first kappa shape index (κ1) is 9.93. The summed E-state index contributed by atoms with van der Waals surface area (Å²) in [6, 6.07) is 6.95. The summed E-state index contributed by atoms with van der Waals surface area (Å²) in [5.41, 5.74) is 1.39. The van der Waals surface area contributed by atoms with Crippen LogP contribution in [-0.4, -0.2) is 14.9 Å². The molecule has 0 aromatic carbocycles. The third-order valence-electron chi connectivity index (χ3n) is 2.18. The van der Waals surface area contributed by atoms with Gasteiger partial charge < -0.3 is 5.21 Å². The van der Waals surface area contributed by atoms with Crippen LogP contribution < -0.4 is 5.49 Å². The van der Waals surface area contributed by atoms with E-state index in [2.05, 4.69) is 4.98 Å². The molecule has 0 aliphatic carbocycles. The Morgan fingerprint density at radius 1 is 1.31 bits per heavy atom. The highest BCUT2D eigenvalue weighted by Crippen LogP contribution is 2.16. The molecule has 2 heterocycles. The van der Waals surface area contributed by atoms with Crippen LogP contribution in [0.4, 0.5) is 0 Å². The van der Waals surface area contributed by atoms with Gasteiger partial charge in [-0.05, 0) is 23.8 Å². The van der Waals surface area contributed by atoms with Crippen molar-refractivity contribution in [1.82, 2.24) is 9.71 Å². The Bertz CT molecular complexity index is 610. The Kier molecular flexibility index (Phi) is 2.40. The van der Waals surface area contributed by atoms with Crippen LogP contribution >= 0.6 is 0 Å². The lowest BCUT2D eigenvalue weighted by molar-refractivity contribution is 0.170. The van der Waals surface area contributed by atoms with Gasteiger partial charge in [-0.15, -0.1) is 0 Å². The predicted octanol–water partition coefficient (Wildman–Crippen LogP) is 1.14. The van der Waals surface area contributed by atoms with Gasteiger partial charge in [-0.25, -0.2) is 0 Å². The second kappa shape index (κ2) is 3.87. The normalized spacial score (nSPS) is 9.69. The van der Waals surface area contributed by atoms with Gasteiger partial charge in [0.1, 0.15) is 6.07 Å². The summed E-state index contributed by atoms with van der Waals surface area (Å²) in [5.74, 6) is 0. The van der Waals surface area contributed by atoms with E-state index in [1.807, 2.05) is 6.07 Å². The lowest BCUT2D eigenvalue weighted by atomic mass is 10.1. The maximum absolute atomic E-state index is 9.44. The van der Waals surface area contributed by atoms with E-state index < -0.39 is 0 Å². The number of pyridine rings is 2. The Balaban J connectivity index is 2.66. The highest BCUT2D eigenvalue weighted by molar-refractivity contribution is 5.63. The van der Waals surface area contributed by atoms with Gasteiger partial charge in [0.15, 0.2) is 5.49 Å². The minimum absolute atomic E-state index is 0.122. The van der Waals surface area contributed by atoms with Gasteiger partial charge in [-0.3, -0.25) is 10.4 Å². The molecule has 0 aliphatic rings. The van der Waals surface area contributed by atoms with Crippen molar-refractivity contribution in [3.8, 4) is 17.2 Å². The first-order chi connectivity index (χ1) is 7.72. The van der Waals surface area contributed by atoms with E-state index in [9.17, 15) is 5.21 Å². The Morgan fingerprint density at radius 3 is 2.62 bits per heavy atom. The van der Waals surface area contributed by atoms with Crippen molar-refractivity contribution in [3.05, 3.63) is 47.8 Å². The maximum atomic E-state index is 9.44. The number of hydrogen-bond donors (Lipinski definition) is 2. The second-order valence-electron chi connectivity index (χ2n) is 3.18. The molecule has 16 heavy (non-hydrogen) atoms. The van der Waals surface area contributed by atoms with Crippen LogP contribution in [0.1, 0.15) is 5.56 Å². The molecule has 78 valence electrons. The smallest absolute Gasteiger partial charge is 0.178 e. The van der Waals surface area contributed by atoms with Gasteiger partial charge in [0.25, 0.3) is 0 Å². The van der Waals surface area contributed by atoms with Crippen LogP contribution in [-0.2, 0) is 0 Å². The van der Waals surface area contributed by atoms with Crippen molar-refractivity contribution < 1.29 is 5.21 Å². The van der Waals surface area contributed by atoms with Crippen molar-refractivity contribution in [2.75, 3.05) is 0 Å². The van der Waals surface area contributed by atoms with Crippen LogP contribution in [0.15, 0.2) is 36.8 Å². The summed E-state index contributed by atoms with van der Waals surface area (Å²) < 4.78 is 0.633. The molecule has 2 rings (SSSR count). The van der Waals surface area contributed by atoms with E-state index >= 15 is 0 Å². The molecule has 0 saturated carbocycles. The Labute approximate surface area is 91.3 Å². The third kappa shape index (κ3) is 1.64. The van der Waals surface area contributed by atoms with Crippen LogP contribution in [0.25, 0.3) is 11.1 Å². The molecule has 0 atom stereocenters. The number of hydrogen-bond acceptors (Lipinski definition) is 4. The average molecular weight is 212 g/mol. The fourth-order valence-corrected chi connectivity index (χ4v) is 1.37. The largest absolute Gasteiger partial charge is 0.427 e. The first-order valence-electron chi connectivity index (χ1n) is 4.53. The van der Waals surface area contributed by atoms with Crippen LogP contribution in [0, 0.1) is 16.7 Å². The molecule has 5 heteroatoms. The number of nitrogens with zero attached hydrogens (tertiary/aromatic N) is 3. The van der Waals surface area contributed by atoms with Gasteiger partial charge in [-0.1, -0.05) is 0 Å². The predicted molar refractivity (Wildman–Crippen MR) is 55.4 cm³/mol. The molecule has 2 N–H and O–H groups in total. The van der Waals surface area contributed by atoms with Crippen molar-refractivity contribution >= 4 is 0 Å². The molecule has 0 radical (unpaired) electrons. The van der Waals surface area contributed by atoms with Crippen molar-refractivity contribution in [2.24, 2.45) is 0 Å². The van der Waals surface area contributed by atoms with E-state index in [1.54, 1.807) is 30.6 Å². The number of nitrogens with one attached hydrogen (secondary N) is 1. The van der Waals surface area contributed by atoms with Crippen molar-refractivity contribution in [1.29, 1.82) is 10.7 Å². The Hall–Kier alpha value is -2.61. The number of nitriles is 1. The fraction of sp³-hybridized carbons (Fsp3) is 0. The third-order valence-corrected chi connectivity index (χ3v) is 2.18. The van der Waals surface area contributed by atoms with Crippen LogP contribution in [0.5, 0.6) is 0 Å². The summed E-state index contributed by atoms with van der Waals surface area (Å²) >= 11 is 0. The maximum Gasteiger partial charge on any atom is 0.178 e.